The Bertz CT molecular complexity index is 430. The Morgan fingerprint density at radius 2 is 2.69 bits per heavy atom. The predicted molar refractivity (Wildman–Crippen MR) is 62.4 cm³/mol. The zero-order valence-corrected chi connectivity index (χ0v) is 9.82. The van der Waals surface area contributed by atoms with Crippen LogP contribution < -0.4 is 0 Å². The second-order valence-electron chi connectivity index (χ2n) is 4.53. The predicted octanol–water partition coefficient (Wildman–Crippen LogP) is 1.25. The molecule has 5 heteroatoms. The Morgan fingerprint density at radius 3 is 3.31 bits per heavy atom. The maximum Gasteiger partial charge on any atom is 0.268 e. The highest BCUT2D eigenvalue weighted by Gasteiger charge is 2.70. The van der Waals surface area contributed by atoms with Crippen molar-refractivity contribution < 1.29 is 4.76 Å². The smallest absolute Gasteiger partial charge is 0.268 e. The molecule has 2 atom stereocenters. The van der Waals surface area contributed by atoms with Crippen LogP contribution in [0, 0.1) is 10.8 Å². The summed E-state index contributed by atoms with van der Waals surface area (Å²) in [5.74, 6) is 0.463. The summed E-state index contributed by atoms with van der Waals surface area (Å²) < 4.78 is 1.23. The molecule has 0 radical (unpaired) electrons. The van der Waals surface area contributed by atoms with Gasteiger partial charge >= 0.3 is 0 Å². The van der Waals surface area contributed by atoms with E-state index in [0.29, 0.717) is 12.5 Å². The first-order valence-corrected chi connectivity index (χ1v) is 6.32. The highest BCUT2D eigenvalue weighted by molar-refractivity contribution is 7.09. The van der Waals surface area contributed by atoms with Gasteiger partial charge in [0.25, 0.3) is 5.54 Å². The Balaban J connectivity index is 1.93. The molecule has 2 unspecified atom stereocenters. The van der Waals surface area contributed by atoms with Gasteiger partial charge in [0.2, 0.25) is 6.54 Å². The molecule has 0 amide bonds. The summed E-state index contributed by atoms with van der Waals surface area (Å²) in [5, 5.41) is 0. The standard InChI is InChI=1S/C11H14N3OS/c1-2-3-13-5-9-6-14(15)11(9,7-13)10-4-12-8-16-10/h2,4,8-9H,1,3,5-7H2/q+1. The number of thiazole rings is 1. The molecule has 0 saturated carbocycles. The molecule has 3 heterocycles. The van der Waals surface area contributed by atoms with Gasteiger partial charge in [-0.05, 0) is 0 Å². The van der Waals surface area contributed by atoms with Crippen molar-refractivity contribution in [2.75, 3.05) is 26.2 Å². The number of nitroso groups, excluding NO2 is 1. The van der Waals surface area contributed by atoms with Gasteiger partial charge in [0.15, 0.2) is 0 Å². The molecule has 0 aromatic carbocycles. The van der Waals surface area contributed by atoms with Crippen LogP contribution in [-0.2, 0) is 5.54 Å². The minimum Gasteiger partial charge on any atom is -0.292 e. The molecule has 0 bridgehead atoms. The maximum absolute atomic E-state index is 11.9. The van der Waals surface area contributed by atoms with E-state index in [2.05, 4.69) is 16.5 Å². The molecule has 3 rings (SSSR count). The van der Waals surface area contributed by atoms with E-state index in [1.54, 1.807) is 11.3 Å². The minimum atomic E-state index is -0.301. The second-order valence-corrected chi connectivity index (χ2v) is 5.42. The van der Waals surface area contributed by atoms with Gasteiger partial charge in [-0.15, -0.1) is 17.9 Å². The SMILES string of the molecule is C=CCN1CC2C[N+](=O)C2(c2cncs2)C1. The average molecular weight is 236 g/mol. The van der Waals surface area contributed by atoms with Crippen molar-refractivity contribution in [3.8, 4) is 0 Å². The lowest BCUT2D eigenvalue weighted by atomic mass is 9.78. The topological polar surface area (TPSA) is 36.2 Å². The van der Waals surface area contributed by atoms with Gasteiger partial charge in [-0.3, -0.25) is 9.88 Å². The highest BCUT2D eigenvalue weighted by Crippen LogP contribution is 2.48. The average Bonchev–Trinajstić information content (AvgIpc) is 2.85. The van der Waals surface area contributed by atoms with E-state index in [9.17, 15) is 4.91 Å². The van der Waals surface area contributed by atoms with Crippen LogP contribution in [0.5, 0.6) is 0 Å². The number of aromatic nitrogens is 1. The fraction of sp³-hybridized carbons (Fsp3) is 0.545. The fourth-order valence-electron chi connectivity index (χ4n) is 2.89. The van der Waals surface area contributed by atoms with Crippen LogP contribution in [0.1, 0.15) is 4.88 Å². The van der Waals surface area contributed by atoms with E-state index in [-0.39, 0.29) is 5.54 Å². The Hall–Kier alpha value is -1.07. The number of fused-ring (bicyclic) bond motifs is 1. The van der Waals surface area contributed by atoms with Gasteiger partial charge in [0.1, 0.15) is 10.8 Å². The molecule has 0 aliphatic carbocycles. The third-order valence-electron chi connectivity index (χ3n) is 3.70. The molecule has 4 nitrogen and oxygen atoms in total. The number of likely N-dealkylation sites (tertiary alicyclic amines) is 1. The summed E-state index contributed by atoms with van der Waals surface area (Å²) in [6, 6.07) is 0. The summed E-state index contributed by atoms with van der Waals surface area (Å²) in [7, 11) is 0. The van der Waals surface area contributed by atoms with Crippen molar-refractivity contribution in [2.45, 2.75) is 5.54 Å². The zero-order chi connectivity index (χ0) is 11.2. The first kappa shape index (κ1) is 10.1. The molecule has 1 aromatic heterocycles. The van der Waals surface area contributed by atoms with Gasteiger partial charge in [0, 0.05) is 29.0 Å². The molecule has 0 spiro atoms. The van der Waals surface area contributed by atoms with Crippen LogP contribution in [0.25, 0.3) is 0 Å². The van der Waals surface area contributed by atoms with Crippen molar-refractivity contribution >= 4 is 11.3 Å². The first-order valence-electron chi connectivity index (χ1n) is 5.44. The van der Waals surface area contributed by atoms with Crippen LogP contribution in [-0.4, -0.2) is 40.8 Å². The molecule has 2 aliphatic heterocycles. The van der Waals surface area contributed by atoms with E-state index in [1.807, 2.05) is 17.8 Å². The van der Waals surface area contributed by atoms with Crippen LogP contribution in [0.15, 0.2) is 24.4 Å². The van der Waals surface area contributed by atoms with Crippen LogP contribution in [0.2, 0.25) is 0 Å². The van der Waals surface area contributed by atoms with E-state index in [0.717, 1.165) is 24.5 Å². The summed E-state index contributed by atoms with van der Waals surface area (Å²) in [6.45, 7) is 7.10. The largest absolute Gasteiger partial charge is 0.292 e. The molecular formula is C11H14N3OS+. The summed E-state index contributed by atoms with van der Waals surface area (Å²) in [5.41, 5.74) is 1.51. The third kappa shape index (κ3) is 1.15. The van der Waals surface area contributed by atoms with E-state index >= 15 is 0 Å². The van der Waals surface area contributed by atoms with Crippen LogP contribution >= 0.6 is 11.3 Å². The van der Waals surface area contributed by atoms with Gasteiger partial charge in [-0.25, -0.2) is 0 Å². The van der Waals surface area contributed by atoms with Gasteiger partial charge in [-0.1, -0.05) is 6.08 Å². The Morgan fingerprint density at radius 1 is 1.81 bits per heavy atom. The lowest BCUT2D eigenvalue weighted by Gasteiger charge is -2.31. The molecule has 84 valence electrons. The molecule has 2 fully saturated rings. The zero-order valence-electron chi connectivity index (χ0n) is 9.00. The van der Waals surface area contributed by atoms with Crippen molar-refractivity contribution in [2.24, 2.45) is 5.92 Å². The maximum atomic E-state index is 11.9. The monoisotopic (exact) mass is 236 g/mol. The van der Waals surface area contributed by atoms with Crippen LogP contribution in [0.4, 0.5) is 0 Å². The van der Waals surface area contributed by atoms with E-state index in [4.69, 9.17) is 0 Å². The number of nitrogens with zero attached hydrogens (tertiary/aromatic N) is 3. The first-order chi connectivity index (χ1) is 7.77. The minimum absolute atomic E-state index is 0.301. The molecule has 0 N–H and O–H groups in total. The van der Waals surface area contributed by atoms with E-state index < -0.39 is 0 Å². The molecule has 2 saturated heterocycles. The molecule has 1 aromatic rings. The highest BCUT2D eigenvalue weighted by atomic mass is 32.1. The lowest BCUT2D eigenvalue weighted by Crippen LogP contribution is -2.57. The Kier molecular flexibility index (Phi) is 2.19. The second kappa shape index (κ2) is 3.46. The van der Waals surface area contributed by atoms with Gasteiger partial charge < -0.3 is 0 Å². The van der Waals surface area contributed by atoms with E-state index in [1.165, 1.54) is 4.76 Å². The lowest BCUT2D eigenvalue weighted by molar-refractivity contribution is -0.710. The molecular weight excluding hydrogens is 222 g/mol. The number of hydrogen-bond acceptors (Lipinski definition) is 4. The Labute approximate surface area is 98.2 Å². The summed E-state index contributed by atoms with van der Waals surface area (Å²) in [4.78, 5) is 19.4. The summed E-state index contributed by atoms with van der Waals surface area (Å²) >= 11 is 1.59. The van der Waals surface area contributed by atoms with Crippen LogP contribution in [0.3, 0.4) is 0 Å². The quantitative estimate of drug-likeness (QED) is 0.585. The van der Waals surface area contributed by atoms with Crippen molar-refractivity contribution in [3.05, 3.63) is 34.1 Å². The fourth-order valence-corrected chi connectivity index (χ4v) is 3.79. The van der Waals surface area contributed by atoms with Gasteiger partial charge in [0.05, 0.1) is 12.1 Å². The normalized spacial score (nSPS) is 33.5. The van der Waals surface area contributed by atoms with Crippen molar-refractivity contribution in [1.82, 2.24) is 9.88 Å². The summed E-state index contributed by atoms with van der Waals surface area (Å²) in [6.07, 6.45) is 3.75. The van der Waals surface area contributed by atoms with Crippen molar-refractivity contribution in [1.29, 1.82) is 0 Å². The number of rotatable bonds is 3. The van der Waals surface area contributed by atoms with Crippen molar-refractivity contribution in [3.63, 3.8) is 0 Å². The molecule has 16 heavy (non-hydrogen) atoms. The number of hydrogen-bond donors (Lipinski definition) is 0. The third-order valence-corrected chi connectivity index (χ3v) is 4.64. The molecule has 2 aliphatic rings. The van der Waals surface area contributed by atoms with Gasteiger partial charge in [-0.2, -0.15) is 0 Å².